The van der Waals surface area contributed by atoms with Gasteiger partial charge in [-0.15, -0.1) is 0 Å². The summed E-state index contributed by atoms with van der Waals surface area (Å²) in [7, 11) is 0. The maximum Gasteiger partial charge on any atom is 0.232 e. The molecule has 0 fully saturated rings. The molecule has 0 saturated heterocycles. The van der Waals surface area contributed by atoms with E-state index in [4.69, 9.17) is 0 Å². The third-order valence-electron chi connectivity index (χ3n) is 4.03. The highest BCUT2D eigenvalue weighted by Crippen LogP contribution is 2.35. The maximum absolute atomic E-state index is 12.2. The average Bonchev–Trinajstić information content (AvgIpc) is 2.76. The van der Waals surface area contributed by atoms with E-state index in [-0.39, 0.29) is 11.8 Å². The lowest BCUT2D eigenvalue weighted by Gasteiger charge is -2.10. The molecular weight excluding hydrogens is 246 g/mol. The summed E-state index contributed by atoms with van der Waals surface area (Å²) in [4.78, 5) is 12.2. The zero-order chi connectivity index (χ0) is 14.1. The number of aryl methyl sites for hydroxylation is 2. The lowest BCUT2D eigenvalue weighted by Crippen LogP contribution is -2.14. The number of amides is 1. The van der Waals surface area contributed by atoms with Crippen LogP contribution in [0.5, 0.6) is 0 Å². The number of benzene rings is 2. The topological polar surface area (TPSA) is 29.1 Å². The molecule has 2 heteroatoms. The van der Waals surface area contributed by atoms with Crippen molar-refractivity contribution in [3.8, 4) is 0 Å². The van der Waals surface area contributed by atoms with Crippen LogP contribution in [0.15, 0.2) is 42.5 Å². The van der Waals surface area contributed by atoms with Gasteiger partial charge in [-0.2, -0.15) is 0 Å². The molecule has 0 spiro atoms. The fraction of sp³-hybridized carbons (Fsp3) is 0.278. The monoisotopic (exact) mass is 265 g/mol. The van der Waals surface area contributed by atoms with Crippen LogP contribution in [0.4, 0.5) is 5.69 Å². The Hall–Kier alpha value is -2.09. The molecule has 1 heterocycles. The van der Waals surface area contributed by atoms with Crippen LogP contribution < -0.4 is 5.32 Å². The number of carbonyl (C=O) groups excluding carboxylic acids is 1. The molecular formula is C18H19NO. The van der Waals surface area contributed by atoms with Gasteiger partial charge in [-0.1, -0.05) is 48.9 Å². The molecule has 3 rings (SSSR count). The molecule has 2 aromatic carbocycles. The first-order valence-corrected chi connectivity index (χ1v) is 7.16. The molecule has 1 aliphatic rings. The Morgan fingerprint density at radius 1 is 1.05 bits per heavy atom. The Labute approximate surface area is 119 Å². The van der Waals surface area contributed by atoms with Crippen LogP contribution in [-0.4, -0.2) is 5.91 Å². The van der Waals surface area contributed by atoms with Crippen LogP contribution in [-0.2, 0) is 17.6 Å². The summed E-state index contributed by atoms with van der Waals surface area (Å²) < 4.78 is 0. The van der Waals surface area contributed by atoms with Gasteiger partial charge >= 0.3 is 0 Å². The van der Waals surface area contributed by atoms with E-state index in [9.17, 15) is 4.79 Å². The van der Waals surface area contributed by atoms with Crippen molar-refractivity contribution in [3.63, 3.8) is 0 Å². The van der Waals surface area contributed by atoms with Crippen molar-refractivity contribution in [2.75, 3.05) is 5.32 Å². The van der Waals surface area contributed by atoms with Crippen molar-refractivity contribution in [3.05, 3.63) is 64.7 Å². The van der Waals surface area contributed by atoms with Crippen LogP contribution in [0.3, 0.4) is 0 Å². The number of hydrogen-bond donors (Lipinski definition) is 1. The summed E-state index contributed by atoms with van der Waals surface area (Å²) in [5.41, 5.74) is 5.86. The Balaban J connectivity index is 1.87. The van der Waals surface area contributed by atoms with Crippen molar-refractivity contribution >= 4 is 11.6 Å². The highest BCUT2D eigenvalue weighted by Gasteiger charge is 2.30. The zero-order valence-electron chi connectivity index (χ0n) is 11.9. The summed E-state index contributed by atoms with van der Waals surface area (Å²) in [6, 6.07) is 14.7. The van der Waals surface area contributed by atoms with E-state index in [0.29, 0.717) is 0 Å². The molecule has 102 valence electrons. The minimum Gasteiger partial charge on any atom is -0.325 e. The summed E-state index contributed by atoms with van der Waals surface area (Å²) in [5, 5.41) is 2.98. The molecule has 0 radical (unpaired) electrons. The molecule has 0 aliphatic carbocycles. The van der Waals surface area contributed by atoms with E-state index in [2.05, 4.69) is 49.5 Å². The predicted octanol–water partition coefficient (Wildman–Crippen LogP) is 3.84. The van der Waals surface area contributed by atoms with Crippen molar-refractivity contribution < 1.29 is 4.79 Å². The van der Waals surface area contributed by atoms with Crippen LogP contribution in [0.25, 0.3) is 0 Å². The van der Waals surface area contributed by atoms with E-state index in [1.807, 2.05) is 12.1 Å². The van der Waals surface area contributed by atoms with Gasteiger partial charge in [0.2, 0.25) is 5.91 Å². The van der Waals surface area contributed by atoms with Gasteiger partial charge in [-0.05, 0) is 42.5 Å². The summed E-state index contributed by atoms with van der Waals surface area (Å²) >= 11 is 0. The molecule has 2 aromatic rings. The molecule has 1 unspecified atom stereocenters. The number of hydrogen-bond acceptors (Lipinski definition) is 1. The van der Waals surface area contributed by atoms with Crippen molar-refractivity contribution in [1.29, 1.82) is 0 Å². The van der Waals surface area contributed by atoms with Gasteiger partial charge in [0, 0.05) is 5.69 Å². The predicted molar refractivity (Wildman–Crippen MR) is 82.1 cm³/mol. The van der Waals surface area contributed by atoms with Crippen LogP contribution in [0.1, 0.15) is 35.1 Å². The molecule has 1 N–H and O–H groups in total. The van der Waals surface area contributed by atoms with Gasteiger partial charge in [0.1, 0.15) is 0 Å². The zero-order valence-corrected chi connectivity index (χ0v) is 11.9. The molecule has 0 bridgehead atoms. The molecule has 2 nitrogen and oxygen atoms in total. The van der Waals surface area contributed by atoms with E-state index >= 15 is 0 Å². The van der Waals surface area contributed by atoms with Crippen LogP contribution in [0, 0.1) is 6.92 Å². The first-order chi connectivity index (χ1) is 9.67. The largest absolute Gasteiger partial charge is 0.325 e. The Morgan fingerprint density at radius 2 is 1.75 bits per heavy atom. The SMILES string of the molecule is CCc1ccc(CC2C(=O)Nc3ccc(C)cc32)cc1. The third kappa shape index (κ3) is 2.34. The third-order valence-corrected chi connectivity index (χ3v) is 4.03. The van der Waals surface area contributed by atoms with Gasteiger partial charge in [-0.25, -0.2) is 0 Å². The second-order valence-corrected chi connectivity index (χ2v) is 5.51. The Morgan fingerprint density at radius 3 is 2.45 bits per heavy atom. The lowest BCUT2D eigenvalue weighted by molar-refractivity contribution is -0.117. The van der Waals surface area contributed by atoms with Crippen molar-refractivity contribution in [2.24, 2.45) is 0 Å². The van der Waals surface area contributed by atoms with Gasteiger partial charge in [0.15, 0.2) is 0 Å². The fourth-order valence-electron chi connectivity index (χ4n) is 2.79. The first-order valence-electron chi connectivity index (χ1n) is 7.16. The Bertz CT molecular complexity index is 643. The summed E-state index contributed by atoms with van der Waals surface area (Å²) in [5.74, 6) is 0.0579. The maximum atomic E-state index is 12.2. The van der Waals surface area contributed by atoms with E-state index in [0.717, 1.165) is 24.1 Å². The van der Waals surface area contributed by atoms with Gasteiger partial charge < -0.3 is 5.32 Å². The second kappa shape index (κ2) is 5.12. The minimum absolute atomic E-state index is 0.0580. The molecule has 20 heavy (non-hydrogen) atoms. The van der Waals surface area contributed by atoms with Crippen LogP contribution in [0.2, 0.25) is 0 Å². The standard InChI is InChI=1S/C18H19NO/c1-3-13-5-7-14(8-6-13)11-16-15-10-12(2)4-9-17(15)19-18(16)20/h4-10,16H,3,11H2,1-2H3,(H,19,20). The van der Waals surface area contributed by atoms with E-state index < -0.39 is 0 Å². The second-order valence-electron chi connectivity index (χ2n) is 5.51. The normalized spacial score (nSPS) is 16.9. The van der Waals surface area contributed by atoms with Gasteiger partial charge in [0.05, 0.1) is 5.92 Å². The molecule has 0 saturated carbocycles. The quantitative estimate of drug-likeness (QED) is 0.897. The number of nitrogens with one attached hydrogen (secondary N) is 1. The van der Waals surface area contributed by atoms with E-state index in [1.165, 1.54) is 16.7 Å². The summed E-state index contributed by atoms with van der Waals surface area (Å²) in [6.07, 6.45) is 1.82. The minimum atomic E-state index is -0.0580. The molecule has 0 aromatic heterocycles. The average molecular weight is 265 g/mol. The highest BCUT2D eigenvalue weighted by atomic mass is 16.2. The molecule has 1 atom stereocenters. The molecule has 1 amide bonds. The van der Waals surface area contributed by atoms with Crippen molar-refractivity contribution in [2.45, 2.75) is 32.6 Å². The van der Waals surface area contributed by atoms with E-state index in [1.54, 1.807) is 0 Å². The number of fused-ring (bicyclic) bond motifs is 1. The van der Waals surface area contributed by atoms with Gasteiger partial charge in [0.25, 0.3) is 0 Å². The highest BCUT2D eigenvalue weighted by molar-refractivity contribution is 6.03. The van der Waals surface area contributed by atoms with Gasteiger partial charge in [-0.3, -0.25) is 4.79 Å². The smallest absolute Gasteiger partial charge is 0.232 e. The number of rotatable bonds is 3. The van der Waals surface area contributed by atoms with Crippen LogP contribution >= 0.6 is 0 Å². The number of carbonyl (C=O) groups is 1. The van der Waals surface area contributed by atoms with Crippen molar-refractivity contribution in [1.82, 2.24) is 0 Å². The first kappa shape index (κ1) is 12.9. The summed E-state index contributed by atoms with van der Waals surface area (Å²) in [6.45, 7) is 4.22. The fourth-order valence-corrected chi connectivity index (χ4v) is 2.79. The molecule has 1 aliphatic heterocycles. The number of anilines is 1. The Kier molecular flexibility index (Phi) is 3.31. The lowest BCUT2D eigenvalue weighted by atomic mass is 9.92.